The molecule has 4 rings (SSSR count). The second-order valence-electron chi connectivity index (χ2n) is 6.54. The molecule has 1 aliphatic heterocycles. The summed E-state index contributed by atoms with van der Waals surface area (Å²) in [5, 5.41) is 4.81. The molecular weight excluding hydrogens is 364 g/mol. The van der Waals surface area contributed by atoms with Crippen LogP contribution in [-0.2, 0) is 14.3 Å². The predicted molar refractivity (Wildman–Crippen MR) is 105 cm³/mol. The molecule has 1 aromatic heterocycles. The van der Waals surface area contributed by atoms with Gasteiger partial charge in [0, 0.05) is 34.6 Å². The lowest BCUT2D eigenvalue weighted by Crippen LogP contribution is -2.44. The largest absolute Gasteiger partial charge is 0.376 e. The van der Waals surface area contributed by atoms with Crippen molar-refractivity contribution >= 4 is 28.4 Å². The average Bonchev–Trinajstić information content (AvgIpc) is 3.14. The number of nitrogens with one attached hydrogen (secondary N) is 2. The molecule has 1 aliphatic rings. The van der Waals surface area contributed by atoms with Gasteiger partial charge in [0.2, 0.25) is 0 Å². The minimum absolute atomic E-state index is 0.0803. The topological polar surface area (TPSA) is 63.4 Å². The molecule has 2 aromatic carbocycles. The van der Waals surface area contributed by atoms with Crippen molar-refractivity contribution in [2.24, 2.45) is 0 Å². The van der Waals surface area contributed by atoms with E-state index in [1.807, 2.05) is 48.7 Å². The van der Waals surface area contributed by atoms with Gasteiger partial charge < -0.3 is 19.8 Å². The van der Waals surface area contributed by atoms with Crippen molar-refractivity contribution in [1.82, 2.24) is 10.3 Å². The Kier molecular flexibility index (Phi) is 5.43. The second-order valence-corrected chi connectivity index (χ2v) is 6.95. The van der Waals surface area contributed by atoms with Gasteiger partial charge in [0.15, 0.2) is 6.10 Å². The maximum atomic E-state index is 12.5. The van der Waals surface area contributed by atoms with Crippen molar-refractivity contribution in [3.8, 4) is 0 Å². The lowest BCUT2D eigenvalue weighted by Gasteiger charge is -2.24. The van der Waals surface area contributed by atoms with Gasteiger partial charge in [0.05, 0.1) is 19.8 Å². The number of aromatic nitrogens is 1. The number of aromatic amines is 1. The molecule has 2 unspecified atom stereocenters. The third-order valence-electron chi connectivity index (χ3n) is 4.87. The monoisotopic (exact) mass is 384 g/mol. The maximum Gasteiger partial charge on any atom is 0.251 e. The van der Waals surface area contributed by atoms with E-state index in [1.54, 1.807) is 0 Å². The summed E-state index contributed by atoms with van der Waals surface area (Å²) in [5.41, 5.74) is 3.13. The first-order valence-electron chi connectivity index (χ1n) is 9.01. The van der Waals surface area contributed by atoms with Gasteiger partial charge in [-0.1, -0.05) is 48.0 Å². The molecule has 140 valence electrons. The molecule has 3 aromatic rings. The number of rotatable bonds is 5. The molecule has 2 atom stereocenters. The van der Waals surface area contributed by atoms with Crippen molar-refractivity contribution in [2.45, 2.75) is 12.0 Å². The SMILES string of the molecule is O=C(NCC(c1ccccc1Cl)c1c[nH]c2ccccc12)C1COCCO1. The summed E-state index contributed by atoms with van der Waals surface area (Å²) in [6.07, 6.45) is 1.43. The number of carbonyl (C=O) groups excluding carboxylic acids is 1. The molecule has 1 saturated heterocycles. The number of H-pyrrole nitrogens is 1. The minimum Gasteiger partial charge on any atom is -0.376 e. The van der Waals surface area contributed by atoms with E-state index >= 15 is 0 Å². The number of amides is 1. The molecule has 27 heavy (non-hydrogen) atoms. The van der Waals surface area contributed by atoms with Crippen LogP contribution < -0.4 is 5.32 Å². The van der Waals surface area contributed by atoms with Gasteiger partial charge in [-0.05, 0) is 23.3 Å². The van der Waals surface area contributed by atoms with E-state index < -0.39 is 6.10 Å². The first-order valence-corrected chi connectivity index (χ1v) is 9.39. The fourth-order valence-electron chi connectivity index (χ4n) is 3.48. The smallest absolute Gasteiger partial charge is 0.251 e. The quantitative estimate of drug-likeness (QED) is 0.707. The second kappa shape index (κ2) is 8.13. The van der Waals surface area contributed by atoms with Crippen LogP contribution in [0, 0.1) is 0 Å². The molecule has 0 aliphatic carbocycles. The Morgan fingerprint density at radius 3 is 2.78 bits per heavy atom. The van der Waals surface area contributed by atoms with Gasteiger partial charge in [-0.2, -0.15) is 0 Å². The van der Waals surface area contributed by atoms with E-state index in [2.05, 4.69) is 16.4 Å². The Hall–Kier alpha value is -2.34. The summed E-state index contributed by atoms with van der Waals surface area (Å²) in [5.74, 6) is -0.241. The van der Waals surface area contributed by atoms with Gasteiger partial charge in [-0.25, -0.2) is 0 Å². The van der Waals surface area contributed by atoms with Gasteiger partial charge in [-0.3, -0.25) is 4.79 Å². The molecule has 0 saturated carbocycles. The molecule has 1 fully saturated rings. The summed E-state index contributed by atoms with van der Waals surface area (Å²) >= 11 is 6.48. The third kappa shape index (κ3) is 3.86. The summed E-state index contributed by atoms with van der Waals surface area (Å²) in [6.45, 7) is 1.68. The van der Waals surface area contributed by atoms with Gasteiger partial charge >= 0.3 is 0 Å². The van der Waals surface area contributed by atoms with E-state index in [1.165, 1.54) is 0 Å². The molecular formula is C21H21ClN2O3. The molecule has 0 radical (unpaired) electrons. The van der Waals surface area contributed by atoms with E-state index in [0.717, 1.165) is 22.0 Å². The highest BCUT2D eigenvalue weighted by atomic mass is 35.5. The minimum atomic E-state index is -0.561. The molecule has 6 heteroatoms. The number of ether oxygens (including phenoxy) is 2. The maximum absolute atomic E-state index is 12.5. The van der Waals surface area contributed by atoms with Crippen molar-refractivity contribution < 1.29 is 14.3 Å². The highest BCUT2D eigenvalue weighted by molar-refractivity contribution is 6.31. The van der Waals surface area contributed by atoms with Gasteiger partial charge in [0.25, 0.3) is 5.91 Å². The van der Waals surface area contributed by atoms with Crippen LogP contribution in [0.25, 0.3) is 10.9 Å². The third-order valence-corrected chi connectivity index (χ3v) is 5.21. The van der Waals surface area contributed by atoms with Crippen LogP contribution in [0.4, 0.5) is 0 Å². The summed E-state index contributed by atoms with van der Waals surface area (Å²) in [6, 6.07) is 15.9. The highest BCUT2D eigenvalue weighted by Crippen LogP contribution is 2.34. The number of benzene rings is 2. The van der Waals surface area contributed by atoms with Crippen LogP contribution >= 0.6 is 11.6 Å². The van der Waals surface area contributed by atoms with E-state index in [9.17, 15) is 4.79 Å². The van der Waals surface area contributed by atoms with Gasteiger partial charge in [0.1, 0.15) is 0 Å². The zero-order valence-corrected chi connectivity index (χ0v) is 15.5. The zero-order valence-electron chi connectivity index (χ0n) is 14.8. The Balaban J connectivity index is 1.62. The Morgan fingerprint density at radius 1 is 1.15 bits per heavy atom. The number of fused-ring (bicyclic) bond motifs is 1. The number of hydrogen-bond acceptors (Lipinski definition) is 3. The fourth-order valence-corrected chi connectivity index (χ4v) is 3.75. The lowest BCUT2D eigenvalue weighted by molar-refractivity contribution is -0.147. The van der Waals surface area contributed by atoms with Crippen LogP contribution in [0.3, 0.4) is 0 Å². The fraction of sp³-hybridized carbons (Fsp3) is 0.286. The van der Waals surface area contributed by atoms with Crippen molar-refractivity contribution in [3.63, 3.8) is 0 Å². The molecule has 2 heterocycles. The van der Waals surface area contributed by atoms with Crippen molar-refractivity contribution in [2.75, 3.05) is 26.4 Å². The molecule has 2 N–H and O–H groups in total. The Bertz CT molecular complexity index is 934. The molecule has 1 amide bonds. The highest BCUT2D eigenvalue weighted by Gasteiger charge is 2.25. The van der Waals surface area contributed by atoms with Crippen LogP contribution in [0.1, 0.15) is 17.0 Å². The molecule has 0 spiro atoms. The standard InChI is InChI=1S/C21H21ClN2O3/c22-18-7-3-1-5-14(18)16(12-24-21(25)20-13-26-9-10-27-20)17-11-23-19-8-4-2-6-15(17)19/h1-8,11,16,20,23H,9-10,12-13H2,(H,24,25). The van der Waals surface area contributed by atoms with E-state index in [-0.39, 0.29) is 18.4 Å². The van der Waals surface area contributed by atoms with Crippen molar-refractivity contribution in [3.05, 3.63) is 70.9 Å². The van der Waals surface area contributed by atoms with Crippen molar-refractivity contribution in [1.29, 1.82) is 0 Å². The zero-order chi connectivity index (χ0) is 18.6. The number of hydrogen-bond donors (Lipinski definition) is 2. The van der Waals surface area contributed by atoms with E-state index in [4.69, 9.17) is 21.1 Å². The summed E-state index contributed by atoms with van der Waals surface area (Å²) in [4.78, 5) is 15.8. The molecule has 0 bridgehead atoms. The summed E-state index contributed by atoms with van der Waals surface area (Å²) < 4.78 is 10.8. The van der Waals surface area contributed by atoms with Crippen LogP contribution in [0.2, 0.25) is 5.02 Å². The van der Waals surface area contributed by atoms with Crippen LogP contribution in [0.15, 0.2) is 54.7 Å². The number of halogens is 1. The predicted octanol–water partition coefficient (Wildman–Crippen LogP) is 3.48. The normalized spacial score (nSPS) is 18.3. The average molecular weight is 385 g/mol. The number of carbonyl (C=O) groups is 1. The first kappa shape index (κ1) is 18.0. The van der Waals surface area contributed by atoms with Gasteiger partial charge in [-0.15, -0.1) is 0 Å². The van der Waals surface area contributed by atoms with Crippen LogP contribution in [0.5, 0.6) is 0 Å². The number of para-hydroxylation sites is 1. The van der Waals surface area contributed by atoms with Crippen LogP contribution in [-0.4, -0.2) is 43.4 Å². The van der Waals surface area contributed by atoms with E-state index in [0.29, 0.717) is 24.8 Å². The summed E-state index contributed by atoms with van der Waals surface area (Å²) in [7, 11) is 0. The Morgan fingerprint density at radius 2 is 1.96 bits per heavy atom. The Labute approximate surface area is 162 Å². The molecule has 5 nitrogen and oxygen atoms in total. The first-order chi connectivity index (χ1) is 13.2. The lowest BCUT2D eigenvalue weighted by atomic mass is 9.90.